The first-order valence-corrected chi connectivity index (χ1v) is 11.6. The molecule has 0 radical (unpaired) electrons. The molecule has 0 bridgehead atoms. The minimum absolute atomic E-state index is 0.0195. The van der Waals surface area contributed by atoms with Crippen molar-refractivity contribution in [2.24, 2.45) is 0 Å². The van der Waals surface area contributed by atoms with E-state index in [2.05, 4.69) is 10.0 Å². The molecule has 3 rings (SSSR count). The molecule has 0 saturated heterocycles. The summed E-state index contributed by atoms with van der Waals surface area (Å²) in [6, 6.07) is 15.7. The van der Waals surface area contributed by atoms with Gasteiger partial charge in [0.2, 0.25) is 10.0 Å². The quantitative estimate of drug-likeness (QED) is 0.525. The Morgan fingerprint density at radius 3 is 2.47 bits per heavy atom. The Kier molecular flexibility index (Phi) is 7.27. The first-order valence-electron chi connectivity index (χ1n) is 10.1. The number of hydrogen-bond donors (Lipinski definition) is 2. The van der Waals surface area contributed by atoms with Crippen LogP contribution in [-0.2, 0) is 23.0 Å². The molecule has 0 heterocycles. The molecule has 0 fully saturated rings. The highest BCUT2D eigenvalue weighted by Gasteiger charge is 2.21. The molecular formula is C24H25FN2O4S. The number of methoxy groups -OCH3 is 1. The zero-order valence-electron chi connectivity index (χ0n) is 18.1. The molecule has 0 aliphatic heterocycles. The number of nitrogens with one attached hydrogen (secondary N) is 2. The van der Waals surface area contributed by atoms with Crippen LogP contribution in [0.2, 0.25) is 0 Å². The van der Waals surface area contributed by atoms with Gasteiger partial charge in [-0.3, -0.25) is 4.79 Å². The lowest BCUT2D eigenvalue weighted by molar-refractivity contribution is 0.102. The number of benzene rings is 3. The molecule has 0 spiro atoms. The number of rotatable bonds is 8. The number of carbonyl (C=O) groups excluding carboxylic acids is 1. The molecule has 8 heteroatoms. The van der Waals surface area contributed by atoms with E-state index in [0.29, 0.717) is 23.4 Å². The highest BCUT2D eigenvalue weighted by molar-refractivity contribution is 7.89. The third kappa shape index (κ3) is 5.15. The molecule has 0 aliphatic carbocycles. The van der Waals surface area contributed by atoms with Crippen molar-refractivity contribution in [3.8, 4) is 5.75 Å². The second-order valence-electron chi connectivity index (χ2n) is 7.19. The Hall–Kier alpha value is -3.23. The van der Waals surface area contributed by atoms with Gasteiger partial charge in [0, 0.05) is 17.8 Å². The van der Waals surface area contributed by atoms with Crippen LogP contribution in [0.1, 0.15) is 34.0 Å². The van der Waals surface area contributed by atoms with Crippen LogP contribution in [-0.4, -0.2) is 21.4 Å². The monoisotopic (exact) mass is 456 g/mol. The van der Waals surface area contributed by atoms with Crippen molar-refractivity contribution in [3.63, 3.8) is 0 Å². The van der Waals surface area contributed by atoms with Crippen LogP contribution >= 0.6 is 0 Å². The minimum Gasteiger partial charge on any atom is -0.496 e. The van der Waals surface area contributed by atoms with Gasteiger partial charge in [-0.05, 0) is 48.7 Å². The third-order valence-electron chi connectivity index (χ3n) is 5.12. The van der Waals surface area contributed by atoms with E-state index in [-0.39, 0.29) is 17.0 Å². The largest absolute Gasteiger partial charge is 0.496 e. The number of amides is 1. The molecule has 3 aromatic rings. The summed E-state index contributed by atoms with van der Waals surface area (Å²) in [4.78, 5) is 12.6. The van der Waals surface area contributed by atoms with E-state index in [0.717, 1.165) is 29.3 Å². The van der Waals surface area contributed by atoms with Crippen LogP contribution in [0, 0.1) is 12.7 Å². The van der Waals surface area contributed by atoms with Gasteiger partial charge in [-0.25, -0.2) is 17.5 Å². The van der Waals surface area contributed by atoms with Gasteiger partial charge in [0.15, 0.2) is 0 Å². The summed E-state index contributed by atoms with van der Waals surface area (Å²) in [6.45, 7) is 3.77. The number of ether oxygens (including phenoxy) is 1. The van der Waals surface area contributed by atoms with E-state index in [9.17, 15) is 17.6 Å². The first-order chi connectivity index (χ1) is 15.3. The van der Waals surface area contributed by atoms with Crippen molar-refractivity contribution in [3.05, 3.63) is 88.7 Å². The van der Waals surface area contributed by atoms with Gasteiger partial charge in [-0.2, -0.15) is 0 Å². The Morgan fingerprint density at radius 1 is 1.03 bits per heavy atom. The molecule has 0 aromatic heterocycles. The molecule has 0 saturated carbocycles. The number of para-hydroxylation sites is 2. The summed E-state index contributed by atoms with van der Waals surface area (Å²) in [5.41, 5.74) is 2.63. The first kappa shape index (κ1) is 23.4. The number of carbonyl (C=O) groups is 1. The molecule has 2 N–H and O–H groups in total. The van der Waals surface area contributed by atoms with E-state index in [1.165, 1.54) is 7.11 Å². The Bertz CT molecular complexity index is 1240. The summed E-state index contributed by atoms with van der Waals surface area (Å²) in [7, 11) is -2.51. The zero-order chi connectivity index (χ0) is 23.3. The highest BCUT2D eigenvalue weighted by atomic mass is 32.2. The number of hydrogen-bond acceptors (Lipinski definition) is 4. The maximum absolute atomic E-state index is 14.5. The fraction of sp³-hybridized carbons (Fsp3) is 0.208. The van der Waals surface area contributed by atoms with Crippen molar-refractivity contribution in [1.82, 2.24) is 4.72 Å². The summed E-state index contributed by atoms with van der Waals surface area (Å²) in [5, 5.41) is 2.73. The van der Waals surface area contributed by atoms with Crippen LogP contribution in [0.3, 0.4) is 0 Å². The second-order valence-corrected chi connectivity index (χ2v) is 8.96. The molecule has 0 atom stereocenters. The van der Waals surface area contributed by atoms with Crippen molar-refractivity contribution in [1.29, 1.82) is 0 Å². The maximum Gasteiger partial charge on any atom is 0.258 e. The number of sulfonamides is 1. The average molecular weight is 457 g/mol. The fourth-order valence-corrected chi connectivity index (χ4v) is 4.37. The molecular weight excluding hydrogens is 431 g/mol. The van der Waals surface area contributed by atoms with Crippen molar-refractivity contribution >= 4 is 21.6 Å². The van der Waals surface area contributed by atoms with Crippen molar-refractivity contribution < 1.29 is 22.3 Å². The van der Waals surface area contributed by atoms with Crippen LogP contribution < -0.4 is 14.8 Å². The fourth-order valence-electron chi connectivity index (χ4n) is 3.33. The Morgan fingerprint density at radius 2 is 1.75 bits per heavy atom. The number of halogens is 1. The van der Waals surface area contributed by atoms with Gasteiger partial charge in [0.1, 0.15) is 11.6 Å². The lowest BCUT2D eigenvalue weighted by atomic mass is 10.1. The second kappa shape index (κ2) is 9.93. The van der Waals surface area contributed by atoms with Crippen LogP contribution in [0.5, 0.6) is 5.75 Å². The van der Waals surface area contributed by atoms with Gasteiger partial charge in [0.05, 0.1) is 17.6 Å². The lowest BCUT2D eigenvalue weighted by Crippen LogP contribution is -2.24. The number of aryl methyl sites for hydroxylation is 2. The standard InChI is InChI=1S/C24H25FN2O4S/c1-4-17-10-7-8-16(2)23(17)27-24(28)20-14-19(12-13-21(20)25)32(29,30)26-15-18-9-5-6-11-22(18)31-3/h5-14,26H,4,15H2,1-3H3,(H,27,28). The zero-order valence-corrected chi connectivity index (χ0v) is 18.9. The van der Waals surface area contributed by atoms with Gasteiger partial charge in [-0.1, -0.05) is 43.3 Å². The molecule has 32 heavy (non-hydrogen) atoms. The molecule has 0 aliphatic rings. The normalized spacial score (nSPS) is 11.2. The topological polar surface area (TPSA) is 84.5 Å². The predicted octanol–water partition coefficient (Wildman–Crippen LogP) is 4.44. The molecule has 168 valence electrons. The molecule has 0 unspecified atom stereocenters. The van der Waals surface area contributed by atoms with Crippen LogP contribution in [0.25, 0.3) is 0 Å². The minimum atomic E-state index is -4.00. The van der Waals surface area contributed by atoms with Gasteiger partial charge in [-0.15, -0.1) is 0 Å². The number of anilines is 1. The van der Waals surface area contributed by atoms with Gasteiger partial charge < -0.3 is 10.1 Å². The highest BCUT2D eigenvalue weighted by Crippen LogP contribution is 2.24. The summed E-state index contributed by atoms with van der Waals surface area (Å²) in [6.07, 6.45) is 0.682. The van der Waals surface area contributed by atoms with E-state index in [1.807, 2.05) is 32.0 Å². The molecule has 1 amide bonds. The van der Waals surface area contributed by atoms with E-state index in [1.54, 1.807) is 24.3 Å². The summed E-state index contributed by atoms with van der Waals surface area (Å²) in [5.74, 6) is -0.981. The van der Waals surface area contributed by atoms with Crippen molar-refractivity contribution in [2.45, 2.75) is 31.7 Å². The predicted molar refractivity (Wildman–Crippen MR) is 122 cm³/mol. The molecule has 6 nitrogen and oxygen atoms in total. The average Bonchev–Trinajstić information content (AvgIpc) is 2.79. The smallest absolute Gasteiger partial charge is 0.258 e. The van der Waals surface area contributed by atoms with E-state index < -0.39 is 21.7 Å². The van der Waals surface area contributed by atoms with Gasteiger partial charge in [0.25, 0.3) is 5.91 Å². The summed E-state index contributed by atoms with van der Waals surface area (Å²) >= 11 is 0. The van der Waals surface area contributed by atoms with Crippen LogP contribution in [0.15, 0.2) is 65.6 Å². The Labute approximate surface area is 187 Å². The SMILES string of the molecule is CCc1cccc(C)c1NC(=O)c1cc(S(=O)(=O)NCc2ccccc2OC)ccc1F. The Balaban J connectivity index is 1.85. The maximum atomic E-state index is 14.5. The van der Waals surface area contributed by atoms with E-state index >= 15 is 0 Å². The summed E-state index contributed by atoms with van der Waals surface area (Å²) < 4.78 is 47.7. The lowest BCUT2D eigenvalue weighted by Gasteiger charge is -2.14. The van der Waals surface area contributed by atoms with E-state index in [4.69, 9.17) is 4.74 Å². The third-order valence-corrected chi connectivity index (χ3v) is 6.52. The molecule has 3 aromatic carbocycles. The van der Waals surface area contributed by atoms with Crippen molar-refractivity contribution in [2.75, 3.05) is 12.4 Å². The van der Waals surface area contributed by atoms with Gasteiger partial charge >= 0.3 is 0 Å². The van der Waals surface area contributed by atoms with Crippen LogP contribution in [0.4, 0.5) is 10.1 Å².